The van der Waals surface area contributed by atoms with E-state index in [2.05, 4.69) is 5.32 Å². The Morgan fingerprint density at radius 1 is 1.27 bits per heavy atom. The summed E-state index contributed by atoms with van der Waals surface area (Å²) in [6.45, 7) is 3.76. The van der Waals surface area contributed by atoms with E-state index in [0.29, 0.717) is 11.0 Å². The van der Waals surface area contributed by atoms with Gasteiger partial charge in [0.25, 0.3) is 5.91 Å². The first-order valence-corrected chi connectivity index (χ1v) is 4.77. The Kier molecular flexibility index (Phi) is 3.88. The number of rotatable bonds is 3. The molecule has 0 spiro atoms. The molecule has 0 unspecified atom stereocenters. The van der Waals surface area contributed by atoms with E-state index in [1.807, 2.05) is 13.8 Å². The summed E-state index contributed by atoms with van der Waals surface area (Å²) in [5.74, 6) is -0.163. The Hall–Kier alpha value is -1.33. The highest BCUT2D eigenvalue weighted by Gasteiger charge is 2.12. The summed E-state index contributed by atoms with van der Waals surface area (Å²) in [4.78, 5) is 11.5. The lowest BCUT2D eigenvalue weighted by atomic mass is 9.80. The maximum Gasteiger partial charge on any atom is 0.488 e. The molecule has 1 aromatic carbocycles. The van der Waals surface area contributed by atoms with Gasteiger partial charge in [0.1, 0.15) is 0 Å². The lowest BCUT2D eigenvalue weighted by molar-refractivity contribution is 0.0943. The largest absolute Gasteiger partial charge is 0.488 e. The zero-order chi connectivity index (χ0) is 11.4. The van der Waals surface area contributed by atoms with Crippen molar-refractivity contribution in [3.05, 3.63) is 29.8 Å². The Morgan fingerprint density at radius 3 is 2.20 bits per heavy atom. The summed E-state index contributed by atoms with van der Waals surface area (Å²) in [5.41, 5.74) is 0.879. The molecule has 0 saturated carbocycles. The average Bonchev–Trinajstić information content (AvgIpc) is 2.17. The second-order valence-corrected chi connectivity index (χ2v) is 3.62. The predicted molar refractivity (Wildman–Crippen MR) is 58.9 cm³/mol. The van der Waals surface area contributed by atoms with Crippen LogP contribution in [0.3, 0.4) is 0 Å². The Morgan fingerprint density at radius 2 is 1.80 bits per heavy atom. The Labute approximate surface area is 89.1 Å². The van der Waals surface area contributed by atoms with Gasteiger partial charge in [0, 0.05) is 11.6 Å². The molecule has 0 heterocycles. The van der Waals surface area contributed by atoms with Gasteiger partial charge in [-0.05, 0) is 31.4 Å². The smallest absolute Gasteiger partial charge is 0.423 e. The lowest BCUT2D eigenvalue weighted by Crippen LogP contribution is -2.32. The van der Waals surface area contributed by atoms with Gasteiger partial charge in [0.15, 0.2) is 0 Å². The van der Waals surface area contributed by atoms with Crippen LogP contribution in [0.1, 0.15) is 24.2 Å². The van der Waals surface area contributed by atoms with Crippen LogP contribution >= 0.6 is 0 Å². The number of benzene rings is 1. The quantitative estimate of drug-likeness (QED) is 0.585. The van der Waals surface area contributed by atoms with Crippen LogP contribution in [0.5, 0.6) is 0 Å². The van der Waals surface area contributed by atoms with Crippen molar-refractivity contribution in [2.24, 2.45) is 0 Å². The Bertz CT molecular complexity index is 335. The molecule has 0 atom stereocenters. The van der Waals surface area contributed by atoms with Gasteiger partial charge in [0.05, 0.1) is 0 Å². The van der Waals surface area contributed by atoms with Crippen molar-refractivity contribution in [2.75, 3.05) is 0 Å². The molecule has 0 radical (unpaired) electrons. The topological polar surface area (TPSA) is 69.6 Å². The van der Waals surface area contributed by atoms with Gasteiger partial charge >= 0.3 is 7.12 Å². The lowest BCUT2D eigenvalue weighted by Gasteiger charge is -2.08. The molecule has 0 fully saturated rings. The van der Waals surface area contributed by atoms with Crippen LogP contribution < -0.4 is 10.8 Å². The van der Waals surface area contributed by atoms with Crippen LogP contribution in [0, 0.1) is 0 Å². The fourth-order valence-corrected chi connectivity index (χ4v) is 1.15. The first-order chi connectivity index (χ1) is 7.00. The second-order valence-electron chi connectivity index (χ2n) is 3.62. The highest BCUT2D eigenvalue weighted by atomic mass is 16.4. The van der Waals surface area contributed by atoms with E-state index >= 15 is 0 Å². The molecule has 0 aliphatic carbocycles. The van der Waals surface area contributed by atoms with Gasteiger partial charge in [-0.2, -0.15) is 0 Å². The van der Waals surface area contributed by atoms with Gasteiger partial charge in [-0.3, -0.25) is 4.79 Å². The van der Waals surface area contributed by atoms with Crippen molar-refractivity contribution in [2.45, 2.75) is 19.9 Å². The van der Waals surface area contributed by atoms with Crippen molar-refractivity contribution in [1.29, 1.82) is 0 Å². The fourth-order valence-electron chi connectivity index (χ4n) is 1.15. The summed E-state index contributed by atoms with van der Waals surface area (Å²) < 4.78 is 0. The summed E-state index contributed by atoms with van der Waals surface area (Å²) in [5, 5.41) is 20.5. The molecule has 0 bridgehead atoms. The second kappa shape index (κ2) is 4.95. The van der Waals surface area contributed by atoms with E-state index in [4.69, 9.17) is 10.0 Å². The molecule has 1 amide bonds. The predicted octanol–water partition coefficient (Wildman–Crippen LogP) is -0.495. The van der Waals surface area contributed by atoms with Crippen molar-refractivity contribution in [1.82, 2.24) is 5.32 Å². The van der Waals surface area contributed by atoms with E-state index in [1.54, 1.807) is 12.1 Å². The van der Waals surface area contributed by atoms with E-state index in [-0.39, 0.29) is 11.9 Å². The van der Waals surface area contributed by atoms with Crippen molar-refractivity contribution in [3.63, 3.8) is 0 Å². The Balaban J connectivity index is 2.75. The zero-order valence-electron chi connectivity index (χ0n) is 8.77. The minimum absolute atomic E-state index is 0.0839. The van der Waals surface area contributed by atoms with Crippen LogP contribution in [-0.4, -0.2) is 29.1 Å². The summed E-state index contributed by atoms with van der Waals surface area (Å²) >= 11 is 0. The summed E-state index contributed by atoms with van der Waals surface area (Å²) in [6, 6.07) is 6.24. The molecular weight excluding hydrogens is 193 g/mol. The summed E-state index contributed by atoms with van der Waals surface area (Å²) in [7, 11) is -1.49. The molecule has 1 aromatic rings. The summed E-state index contributed by atoms with van der Waals surface area (Å²) in [6.07, 6.45) is 0. The molecule has 0 aliphatic heterocycles. The number of hydrogen-bond donors (Lipinski definition) is 3. The number of nitrogens with one attached hydrogen (secondary N) is 1. The van der Waals surface area contributed by atoms with Crippen molar-refractivity contribution in [3.8, 4) is 0 Å². The van der Waals surface area contributed by atoms with Crippen LogP contribution in [0.4, 0.5) is 0 Å². The van der Waals surface area contributed by atoms with Gasteiger partial charge in [0.2, 0.25) is 0 Å². The van der Waals surface area contributed by atoms with Crippen LogP contribution in [0.15, 0.2) is 24.3 Å². The van der Waals surface area contributed by atoms with Crippen molar-refractivity contribution >= 4 is 18.5 Å². The van der Waals surface area contributed by atoms with Gasteiger partial charge in [-0.15, -0.1) is 0 Å². The minimum Gasteiger partial charge on any atom is -0.423 e. The molecule has 0 saturated heterocycles. The molecule has 0 aromatic heterocycles. The molecule has 3 N–H and O–H groups in total. The molecule has 15 heavy (non-hydrogen) atoms. The molecule has 1 rings (SSSR count). The molecule has 5 heteroatoms. The van der Waals surface area contributed by atoms with E-state index in [1.165, 1.54) is 12.1 Å². The maximum absolute atomic E-state index is 11.5. The van der Waals surface area contributed by atoms with Gasteiger partial charge in [-0.25, -0.2) is 0 Å². The van der Waals surface area contributed by atoms with Crippen molar-refractivity contribution < 1.29 is 14.8 Å². The number of amides is 1. The zero-order valence-corrected chi connectivity index (χ0v) is 8.77. The standard InChI is InChI=1S/C10H14BNO3/c1-7(2)12-10(13)8-3-5-9(6-4-8)11(14)15/h3-7,14-15H,1-2H3,(H,12,13). The highest BCUT2D eigenvalue weighted by molar-refractivity contribution is 6.58. The maximum atomic E-state index is 11.5. The normalized spacial score (nSPS) is 10.2. The SMILES string of the molecule is CC(C)NC(=O)c1ccc(B(O)O)cc1. The molecular formula is C10H14BNO3. The third-order valence-electron chi connectivity index (χ3n) is 1.89. The average molecular weight is 207 g/mol. The first-order valence-electron chi connectivity index (χ1n) is 4.77. The van der Waals surface area contributed by atoms with E-state index in [9.17, 15) is 4.79 Å². The first kappa shape index (κ1) is 11.7. The van der Waals surface area contributed by atoms with E-state index in [0.717, 1.165) is 0 Å². The van der Waals surface area contributed by atoms with Crippen LogP contribution in [0.2, 0.25) is 0 Å². The molecule has 0 aliphatic rings. The van der Waals surface area contributed by atoms with E-state index < -0.39 is 7.12 Å². The number of carbonyl (C=O) groups excluding carboxylic acids is 1. The number of hydrogen-bond acceptors (Lipinski definition) is 3. The third-order valence-corrected chi connectivity index (χ3v) is 1.89. The third kappa shape index (κ3) is 3.38. The van der Waals surface area contributed by atoms with Crippen LogP contribution in [0.25, 0.3) is 0 Å². The number of carbonyl (C=O) groups is 1. The fraction of sp³-hybridized carbons (Fsp3) is 0.300. The molecule has 80 valence electrons. The van der Waals surface area contributed by atoms with Crippen LogP contribution in [-0.2, 0) is 0 Å². The monoisotopic (exact) mass is 207 g/mol. The van der Waals surface area contributed by atoms with Gasteiger partial charge in [-0.1, -0.05) is 12.1 Å². The highest BCUT2D eigenvalue weighted by Crippen LogP contribution is 1.98. The molecule has 4 nitrogen and oxygen atoms in total. The van der Waals surface area contributed by atoms with Gasteiger partial charge < -0.3 is 15.4 Å². The minimum atomic E-state index is -1.49.